The number of benzene rings is 2. The molecule has 0 aliphatic heterocycles. The summed E-state index contributed by atoms with van der Waals surface area (Å²) >= 11 is 0. The minimum Gasteiger partial charge on any atom is -0.403 e. The largest absolute Gasteiger partial charge is 0.403 e. The third kappa shape index (κ3) is 3.35. The summed E-state index contributed by atoms with van der Waals surface area (Å²) in [7, 11) is 0. The summed E-state index contributed by atoms with van der Waals surface area (Å²) in [5.41, 5.74) is 5.58. The summed E-state index contributed by atoms with van der Waals surface area (Å²) in [6.07, 6.45) is 0. The highest BCUT2D eigenvalue weighted by Gasteiger charge is 2.15. The van der Waals surface area contributed by atoms with Crippen molar-refractivity contribution in [3.8, 4) is 11.5 Å². The minimum absolute atomic E-state index is 0.0927. The van der Waals surface area contributed by atoms with Crippen molar-refractivity contribution in [3.05, 3.63) is 64.2 Å². The van der Waals surface area contributed by atoms with E-state index >= 15 is 0 Å². The topological polar surface area (TPSA) is 68.0 Å². The van der Waals surface area contributed by atoms with Gasteiger partial charge in [0.25, 0.3) is 5.91 Å². The van der Waals surface area contributed by atoms with Gasteiger partial charge in [-0.3, -0.25) is 10.1 Å². The van der Waals surface area contributed by atoms with E-state index in [4.69, 9.17) is 4.42 Å². The Balaban J connectivity index is 1.83. The molecule has 1 heterocycles. The number of hydrogen-bond donors (Lipinski definition) is 1. The highest BCUT2D eigenvalue weighted by atomic mass is 16.4. The van der Waals surface area contributed by atoms with Gasteiger partial charge >= 0.3 is 6.01 Å². The Morgan fingerprint density at radius 3 is 2.33 bits per heavy atom. The van der Waals surface area contributed by atoms with Crippen molar-refractivity contribution in [1.29, 1.82) is 0 Å². The van der Waals surface area contributed by atoms with Crippen LogP contribution in [-0.4, -0.2) is 16.1 Å². The van der Waals surface area contributed by atoms with Crippen LogP contribution in [0, 0.1) is 27.7 Å². The standard InChI is InChI=1S/C19H19N3O2/c1-11-5-6-14(4)16(10-11)17(23)20-19-22-21-18(24-19)15-8-12(2)7-13(3)9-15/h5-10H,1-4H3,(H,20,22,23). The molecule has 0 radical (unpaired) electrons. The van der Waals surface area contributed by atoms with Gasteiger partial charge < -0.3 is 4.42 Å². The van der Waals surface area contributed by atoms with Crippen molar-refractivity contribution < 1.29 is 9.21 Å². The lowest BCUT2D eigenvalue weighted by Crippen LogP contribution is -2.13. The lowest BCUT2D eigenvalue weighted by molar-refractivity contribution is 0.102. The maximum atomic E-state index is 12.4. The molecule has 2 aromatic carbocycles. The molecule has 0 bridgehead atoms. The summed E-state index contributed by atoms with van der Waals surface area (Å²) in [6, 6.07) is 11.8. The molecule has 1 aromatic heterocycles. The van der Waals surface area contributed by atoms with E-state index in [1.165, 1.54) is 0 Å². The molecule has 1 amide bonds. The average molecular weight is 321 g/mol. The zero-order valence-corrected chi connectivity index (χ0v) is 14.2. The number of anilines is 1. The number of aromatic nitrogens is 2. The maximum Gasteiger partial charge on any atom is 0.322 e. The first-order chi connectivity index (χ1) is 11.4. The van der Waals surface area contributed by atoms with Crippen LogP contribution in [0.15, 0.2) is 40.8 Å². The molecule has 5 nitrogen and oxygen atoms in total. The molecule has 24 heavy (non-hydrogen) atoms. The number of rotatable bonds is 3. The van der Waals surface area contributed by atoms with E-state index in [-0.39, 0.29) is 11.9 Å². The van der Waals surface area contributed by atoms with E-state index in [1.54, 1.807) is 0 Å². The molecule has 122 valence electrons. The normalized spacial score (nSPS) is 10.7. The molecule has 0 aliphatic rings. The Morgan fingerprint density at radius 1 is 0.917 bits per heavy atom. The van der Waals surface area contributed by atoms with Crippen LogP contribution < -0.4 is 5.32 Å². The lowest BCUT2D eigenvalue weighted by atomic mass is 10.1. The Labute approximate surface area is 140 Å². The fourth-order valence-electron chi connectivity index (χ4n) is 2.63. The fourth-order valence-corrected chi connectivity index (χ4v) is 2.63. The number of carbonyl (C=O) groups excluding carboxylic acids is 1. The number of amides is 1. The van der Waals surface area contributed by atoms with Crippen molar-refractivity contribution in [1.82, 2.24) is 10.2 Å². The Bertz CT molecular complexity index is 892. The monoisotopic (exact) mass is 321 g/mol. The second-order valence-corrected chi connectivity index (χ2v) is 6.06. The number of nitrogens with one attached hydrogen (secondary N) is 1. The second kappa shape index (κ2) is 6.28. The van der Waals surface area contributed by atoms with Gasteiger partial charge in [-0.2, -0.15) is 0 Å². The van der Waals surface area contributed by atoms with Gasteiger partial charge in [-0.1, -0.05) is 40.0 Å². The molecule has 0 aliphatic carbocycles. The molecular weight excluding hydrogens is 302 g/mol. The van der Waals surface area contributed by atoms with E-state index in [1.807, 2.05) is 58.0 Å². The van der Waals surface area contributed by atoms with Crippen LogP contribution in [-0.2, 0) is 0 Å². The summed E-state index contributed by atoms with van der Waals surface area (Å²) in [6.45, 7) is 7.86. The summed E-state index contributed by atoms with van der Waals surface area (Å²) in [5.74, 6) is 0.130. The first kappa shape index (κ1) is 15.9. The van der Waals surface area contributed by atoms with E-state index in [0.717, 1.165) is 27.8 Å². The van der Waals surface area contributed by atoms with Crippen LogP contribution >= 0.6 is 0 Å². The summed E-state index contributed by atoms with van der Waals surface area (Å²) in [5, 5.41) is 10.6. The molecular formula is C19H19N3O2. The minimum atomic E-state index is -0.258. The molecule has 5 heteroatoms. The zero-order chi connectivity index (χ0) is 17.3. The Kier molecular flexibility index (Phi) is 4.16. The highest BCUT2D eigenvalue weighted by molar-refractivity contribution is 6.04. The van der Waals surface area contributed by atoms with Gasteiger partial charge in [0.05, 0.1) is 0 Å². The van der Waals surface area contributed by atoms with Gasteiger partial charge in [0.1, 0.15) is 0 Å². The second-order valence-electron chi connectivity index (χ2n) is 6.06. The first-order valence-corrected chi connectivity index (χ1v) is 7.73. The maximum absolute atomic E-state index is 12.4. The Morgan fingerprint density at radius 2 is 1.62 bits per heavy atom. The van der Waals surface area contributed by atoms with Crippen LogP contribution in [0.4, 0.5) is 6.01 Å². The predicted octanol–water partition coefficient (Wildman–Crippen LogP) is 4.22. The molecule has 3 aromatic rings. The van der Waals surface area contributed by atoms with Gasteiger partial charge in [-0.05, 0) is 51.5 Å². The molecule has 0 spiro atoms. The van der Waals surface area contributed by atoms with Gasteiger partial charge in [-0.15, -0.1) is 5.10 Å². The number of aryl methyl sites for hydroxylation is 4. The van der Waals surface area contributed by atoms with Crippen molar-refractivity contribution in [2.45, 2.75) is 27.7 Å². The molecule has 0 unspecified atom stereocenters. The van der Waals surface area contributed by atoms with E-state index in [0.29, 0.717) is 11.5 Å². The van der Waals surface area contributed by atoms with Gasteiger partial charge in [-0.25, -0.2) is 0 Å². The fraction of sp³-hybridized carbons (Fsp3) is 0.211. The molecule has 1 N–H and O–H groups in total. The third-order valence-corrected chi connectivity index (χ3v) is 3.75. The van der Waals surface area contributed by atoms with Crippen molar-refractivity contribution in [2.24, 2.45) is 0 Å². The highest BCUT2D eigenvalue weighted by Crippen LogP contribution is 2.23. The molecule has 0 atom stereocenters. The van der Waals surface area contributed by atoms with Crippen LogP contribution in [0.25, 0.3) is 11.5 Å². The SMILES string of the molecule is Cc1cc(C)cc(-c2nnc(NC(=O)c3cc(C)ccc3C)o2)c1. The van der Waals surface area contributed by atoms with Crippen LogP contribution in [0.3, 0.4) is 0 Å². The number of nitrogens with zero attached hydrogens (tertiary/aromatic N) is 2. The summed E-state index contributed by atoms with van der Waals surface area (Å²) in [4.78, 5) is 12.4. The van der Waals surface area contributed by atoms with Crippen molar-refractivity contribution >= 4 is 11.9 Å². The number of hydrogen-bond acceptors (Lipinski definition) is 4. The van der Waals surface area contributed by atoms with Crippen molar-refractivity contribution in [2.75, 3.05) is 5.32 Å². The first-order valence-electron chi connectivity index (χ1n) is 7.73. The summed E-state index contributed by atoms with van der Waals surface area (Å²) < 4.78 is 5.59. The van der Waals surface area contributed by atoms with Crippen LogP contribution in [0.2, 0.25) is 0 Å². The van der Waals surface area contributed by atoms with E-state index in [9.17, 15) is 4.79 Å². The van der Waals surface area contributed by atoms with E-state index in [2.05, 4.69) is 21.6 Å². The van der Waals surface area contributed by atoms with Gasteiger partial charge in [0.15, 0.2) is 0 Å². The molecule has 0 saturated heterocycles. The van der Waals surface area contributed by atoms with Gasteiger partial charge in [0, 0.05) is 11.1 Å². The third-order valence-electron chi connectivity index (χ3n) is 3.75. The smallest absolute Gasteiger partial charge is 0.322 e. The Hall–Kier alpha value is -2.95. The molecule has 3 rings (SSSR count). The quantitative estimate of drug-likeness (QED) is 0.784. The predicted molar refractivity (Wildman–Crippen MR) is 93.1 cm³/mol. The number of carbonyl (C=O) groups is 1. The van der Waals surface area contributed by atoms with Gasteiger partial charge in [0.2, 0.25) is 5.89 Å². The van der Waals surface area contributed by atoms with E-state index < -0.39 is 0 Å². The zero-order valence-electron chi connectivity index (χ0n) is 14.2. The molecule has 0 fully saturated rings. The van der Waals surface area contributed by atoms with Crippen molar-refractivity contribution in [3.63, 3.8) is 0 Å². The lowest BCUT2D eigenvalue weighted by Gasteiger charge is -2.05. The molecule has 0 saturated carbocycles. The van der Waals surface area contributed by atoms with Crippen LogP contribution in [0.5, 0.6) is 0 Å². The van der Waals surface area contributed by atoms with Crippen LogP contribution in [0.1, 0.15) is 32.6 Å². The average Bonchev–Trinajstić information content (AvgIpc) is 2.97.